The number of nitrogens with one attached hydrogen (secondary N) is 1. The summed E-state index contributed by atoms with van der Waals surface area (Å²) in [6.45, 7) is 0.571. The molecule has 136 valence electrons. The highest BCUT2D eigenvalue weighted by molar-refractivity contribution is 5.79. The molecule has 0 radical (unpaired) electrons. The van der Waals surface area contributed by atoms with Crippen LogP contribution in [-0.2, 0) is 19.1 Å². The number of carbonyl (C=O) groups excluding carboxylic acids is 1. The first-order valence-electron chi connectivity index (χ1n) is 6.99. The van der Waals surface area contributed by atoms with Crippen molar-refractivity contribution in [2.45, 2.75) is 37.4 Å². The standard InChI is InChI=1S/C13H22N4O7/c1-5(19)16-9-6(17-13(14)15)3-8(12(21)22)24-11(9)10(23-2)7(20)4-18/h3,7-11,18,20H,4H2,1-2H3,(H,16,19)(H,21,22)(H4,14,15,17)/t7-,8?,9-,10-,11-/m1/s1. The Hall–Kier alpha value is -2.21. The number of aliphatic imine (C=N–C) groups is 1. The molecule has 1 rings (SSSR count). The summed E-state index contributed by atoms with van der Waals surface area (Å²) in [7, 11) is 1.24. The largest absolute Gasteiger partial charge is 0.479 e. The molecule has 1 heterocycles. The van der Waals surface area contributed by atoms with Crippen molar-refractivity contribution in [3.8, 4) is 0 Å². The Balaban J connectivity index is 3.35. The van der Waals surface area contributed by atoms with E-state index in [4.69, 9.17) is 26.0 Å². The number of rotatable bonds is 7. The number of methoxy groups -OCH3 is 1. The molecular weight excluding hydrogens is 324 g/mol. The first-order chi connectivity index (χ1) is 11.2. The van der Waals surface area contributed by atoms with Crippen molar-refractivity contribution in [2.75, 3.05) is 13.7 Å². The average Bonchev–Trinajstić information content (AvgIpc) is 2.49. The van der Waals surface area contributed by atoms with Gasteiger partial charge in [0.05, 0.1) is 18.3 Å². The van der Waals surface area contributed by atoms with Crippen LogP contribution in [0.15, 0.2) is 16.8 Å². The second kappa shape index (κ2) is 8.59. The molecule has 1 unspecified atom stereocenters. The predicted octanol–water partition coefficient (Wildman–Crippen LogP) is -3.13. The summed E-state index contributed by atoms with van der Waals surface area (Å²) >= 11 is 0. The molecule has 8 N–H and O–H groups in total. The van der Waals surface area contributed by atoms with Crippen molar-refractivity contribution in [1.82, 2.24) is 5.32 Å². The quantitative estimate of drug-likeness (QED) is 0.204. The lowest BCUT2D eigenvalue weighted by atomic mass is 9.94. The van der Waals surface area contributed by atoms with Crippen LogP contribution in [0.4, 0.5) is 0 Å². The van der Waals surface area contributed by atoms with Gasteiger partial charge in [-0.25, -0.2) is 9.79 Å². The van der Waals surface area contributed by atoms with Crippen molar-refractivity contribution in [1.29, 1.82) is 0 Å². The summed E-state index contributed by atoms with van der Waals surface area (Å²) in [4.78, 5) is 26.6. The normalized spacial score (nSPS) is 26.0. The molecule has 24 heavy (non-hydrogen) atoms. The minimum absolute atomic E-state index is 0.0426. The van der Waals surface area contributed by atoms with E-state index < -0.39 is 48.9 Å². The Labute approximate surface area is 137 Å². The molecule has 0 aromatic carbocycles. The Morgan fingerprint density at radius 2 is 2.12 bits per heavy atom. The summed E-state index contributed by atoms with van der Waals surface area (Å²) in [5.41, 5.74) is 10.7. The van der Waals surface area contributed by atoms with Crippen LogP contribution in [0, 0.1) is 0 Å². The van der Waals surface area contributed by atoms with Crippen molar-refractivity contribution >= 4 is 17.8 Å². The van der Waals surface area contributed by atoms with E-state index in [1.54, 1.807) is 0 Å². The maximum absolute atomic E-state index is 11.5. The van der Waals surface area contributed by atoms with Crippen LogP contribution in [0.2, 0.25) is 0 Å². The topological polar surface area (TPSA) is 190 Å². The van der Waals surface area contributed by atoms with Crippen molar-refractivity contribution in [3.63, 3.8) is 0 Å². The van der Waals surface area contributed by atoms with Crippen LogP contribution < -0.4 is 16.8 Å². The van der Waals surface area contributed by atoms with Gasteiger partial charge < -0.3 is 41.6 Å². The first kappa shape index (κ1) is 19.8. The Kier molecular flexibility index (Phi) is 7.10. The van der Waals surface area contributed by atoms with E-state index in [1.165, 1.54) is 14.0 Å². The maximum Gasteiger partial charge on any atom is 0.336 e. The summed E-state index contributed by atoms with van der Waals surface area (Å²) in [5, 5.41) is 30.8. The lowest BCUT2D eigenvalue weighted by molar-refractivity contribution is -0.169. The zero-order valence-corrected chi connectivity index (χ0v) is 13.2. The van der Waals surface area contributed by atoms with Gasteiger partial charge >= 0.3 is 5.97 Å². The predicted molar refractivity (Wildman–Crippen MR) is 81.7 cm³/mol. The van der Waals surface area contributed by atoms with E-state index in [-0.39, 0.29) is 11.7 Å². The number of nitrogens with two attached hydrogens (primary N) is 2. The number of aliphatic hydroxyl groups is 2. The van der Waals surface area contributed by atoms with E-state index in [1.807, 2.05) is 0 Å². The SMILES string of the molecule is CO[C@@H]([C@@H]1OC(C(=O)O)C=C(N=C(N)N)[C@H]1NC(C)=O)[C@H](O)CO. The van der Waals surface area contributed by atoms with Gasteiger partial charge in [-0.05, 0) is 6.08 Å². The zero-order valence-electron chi connectivity index (χ0n) is 13.2. The first-order valence-corrected chi connectivity index (χ1v) is 6.99. The van der Waals surface area contributed by atoms with Crippen molar-refractivity contribution in [2.24, 2.45) is 16.5 Å². The number of nitrogens with zero attached hydrogens (tertiary/aromatic N) is 1. The van der Waals surface area contributed by atoms with Gasteiger partial charge in [0, 0.05) is 14.0 Å². The molecule has 1 aliphatic rings. The fourth-order valence-electron chi connectivity index (χ4n) is 2.36. The van der Waals surface area contributed by atoms with Gasteiger partial charge in [0.25, 0.3) is 0 Å². The second-order valence-electron chi connectivity index (χ2n) is 5.12. The second-order valence-corrected chi connectivity index (χ2v) is 5.12. The molecular formula is C13H22N4O7. The van der Waals surface area contributed by atoms with Gasteiger partial charge in [-0.15, -0.1) is 0 Å². The molecule has 11 nitrogen and oxygen atoms in total. The molecule has 0 fully saturated rings. The molecule has 0 aliphatic carbocycles. The van der Waals surface area contributed by atoms with Gasteiger partial charge in [0.15, 0.2) is 12.1 Å². The summed E-state index contributed by atoms with van der Waals surface area (Å²) in [6.07, 6.45) is -3.99. The number of hydrogen-bond acceptors (Lipinski definition) is 7. The maximum atomic E-state index is 11.5. The van der Waals surface area contributed by atoms with E-state index in [9.17, 15) is 19.8 Å². The van der Waals surface area contributed by atoms with Gasteiger partial charge in [-0.2, -0.15) is 0 Å². The molecule has 1 amide bonds. The third-order valence-electron chi connectivity index (χ3n) is 3.30. The lowest BCUT2D eigenvalue weighted by Gasteiger charge is -2.39. The number of aliphatic carboxylic acids is 1. The molecule has 11 heteroatoms. The highest BCUT2D eigenvalue weighted by Crippen LogP contribution is 2.26. The number of ether oxygens (including phenoxy) is 2. The number of carbonyl (C=O) groups is 2. The number of amides is 1. The van der Waals surface area contributed by atoms with Crippen molar-refractivity contribution < 1.29 is 34.4 Å². The number of hydrogen-bond donors (Lipinski definition) is 6. The molecule has 0 bridgehead atoms. The minimum atomic E-state index is -1.43. The van der Waals surface area contributed by atoms with Crippen LogP contribution in [0.1, 0.15) is 6.92 Å². The fourth-order valence-corrected chi connectivity index (χ4v) is 2.36. The monoisotopic (exact) mass is 346 g/mol. The molecule has 0 saturated carbocycles. The van der Waals surface area contributed by atoms with E-state index in [2.05, 4.69) is 10.3 Å². The third-order valence-corrected chi connectivity index (χ3v) is 3.30. The lowest BCUT2D eigenvalue weighted by Crippen LogP contribution is -2.58. The zero-order chi connectivity index (χ0) is 18.4. The minimum Gasteiger partial charge on any atom is -0.479 e. The van der Waals surface area contributed by atoms with Gasteiger partial charge in [0.1, 0.15) is 18.3 Å². The van der Waals surface area contributed by atoms with Crippen LogP contribution in [0.3, 0.4) is 0 Å². The number of carboxylic acids is 1. The Bertz CT molecular complexity index is 532. The number of carboxylic acid groups (broad SMARTS) is 1. The molecule has 0 aromatic heterocycles. The average molecular weight is 346 g/mol. The van der Waals surface area contributed by atoms with Gasteiger partial charge in [-0.1, -0.05) is 0 Å². The van der Waals surface area contributed by atoms with Crippen LogP contribution in [0.25, 0.3) is 0 Å². The summed E-state index contributed by atoms with van der Waals surface area (Å²) in [6, 6.07) is -0.994. The molecule has 0 aromatic rings. The molecule has 5 atom stereocenters. The number of guanidine groups is 1. The molecule has 0 spiro atoms. The van der Waals surface area contributed by atoms with Crippen LogP contribution in [0.5, 0.6) is 0 Å². The highest BCUT2D eigenvalue weighted by atomic mass is 16.6. The Morgan fingerprint density at radius 1 is 1.50 bits per heavy atom. The number of aliphatic hydroxyl groups excluding tert-OH is 2. The fraction of sp³-hybridized carbons (Fsp3) is 0.615. The smallest absolute Gasteiger partial charge is 0.336 e. The summed E-state index contributed by atoms with van der Waals surface area (Å²) in [5.74, 6) is -2.14. The Morgan fingerprint density at radius 3 is 2.54 bits per heavy atom. The van der Waals surface area contributed by atoms with Gasteiger partial charge in [-0.3, -0.25) is 4.79 Å². The van der Waals surface area contributed by atoms with Crippen LogP contribution in [-0.4, -0.2) is 77.3 Å². The molecule has 0 saturated heterocycles. The van der Waals surface area contributed by atoms with Gasteiger partial charge in [0.2, 0.25) is 5.91 Å². The summed E-state index contributed by atoms with van der Waals surface area (Å²) < 4.78 is 10.5. The highest BCUT2D eigenvalue weighted by Gasteiger charge is 2.43. The molecule has 1 aliphatic heterocycles. The van der Waals surface area contributed by atoms with E-state index >= 15 is 0 Å². The third kappa shape index (κ3) is 4.89. The van der Waals surface area contributed by atoms with Crippen molar-refractivity contribution in [3.05, 3.63) is 11.8 Å². The van der Waals surface area contributed by atoms with Crippen LogP contribution >= 0.6 is 0 Å². The van der Waals surface area contributed by atoms with E-state index in [0.29, 0.717) is 0 Å². The van der Waals surface area contributed by atoms with E-state index in [0.717, 1.165) is 6.08 Å².